The molecule has 1 aromatic heterocycles. The lowest BCUT2D eigenvalue weighted by atomic mass is 9.97. The van der Waals surface area contributed by atoms with Gasteiger partial charge in [0, 0.05) is 44.0 Å². The SMILES string of the molecule is CC1CCCC(C)N1CCCNc1c(F)cc2c(=O)c(C(=O)NCCC3CCCN3C)cn3c2c1Oc1cc2ccccc2cc1-3. The lowest BCUT2D eigenvalue weighted by Crippen LogP contribution is -2.44. The minimum absolute atomic E-state index is 0.0101. The summed E-state index contributed by atoms with van der Waals surface area (Å²) in [6, 6.07) is 14.6. The maximum atomic E-state index is 16.0. The molecule has 3 aliphatic rings. The molecule has 3 unspecified atom stereocenters. The van der Waals surface area contributed by atoms with E-state index in [1.165, 1.54) is 25.3 Å². The van der Waals surface area contributed by atoms with Crippen molar-refractivity contribution in [3.8, 4) is 17.2 Å². The van der Waals surface area contributed by atoms with Gasteiger partial charge in [0.25, 0.3) is 5.91 Å². The summed E-state index contributed by atoms with van der Waals surface area (Å²) in [5.74, 6) is -0.213. The van der Waals surface area contributed by atoms with Crippen molar-refractivity contribution in [2.75, 3.05) is 38.5 Å². The second-order valence-electron chi connectivity index (χ2n) is 13.4. The van der Waals surface area contributed by atoms with Crippen molar-refractivity contribution >= 4 is 33.3 Å². The van der Waals surface area contributed by atoms with Crippen molar-refractivity contribution in [1.29, 1.82) is 0 Å². The highest BCUT2D eigenvalue weighted by Crippen LogP contribution is 2.46. The number of hydrogen-bond donors (Lipinski definition) is 2. The van der Waals surface area contributed by atoms with Gasteiger partial charge in [-0.1, -0.05) is 30.7 Å². The van der Waals surface area contributed by atoms with E-state index in [4.69, 9.17) is 4.74 Å². The summed E-state index contributed by atoms with van der Waals surface area (Å²) in [5.41, 5.74) is 0.873. The van der Waals surface area contributed by atoms with Crippen LogP contribution in [0, 0.1) is 5.82 Å². The summed E-state index contributed by atoms with van der Waals surface area (Å²) in [7, 11) is 2.11. The molecule has 2 fully saturated rings. The monoisotopic (exact) mass is 625 g/mol. The highest BCUT2D eigenvalue weighted by Gasteiger charge is 2.30. The third-order valence-electron chi connectivity index (χ3n) is 10.4. The Morgan fingerprint density at radius 3 is 2.52 bits per heavy atom. The Labute approximate surface area is 269 Å². The number of halogens is 1. The number of amides is 1. The number of piperidine rings is 1. The third-order valence-corrected chi connectivity index (χ3v) is 10.4. The number of rotatable bonds is 9. The molecule has 4 aromatic rings. The fourth-order valence-corrected chi connectivity index (χ4v) is 7.81. The van der Waals surface area contributed by atoms with E-state index in [2.05, 4.69) is 41.3 Å². The number of fused-ring (bicyclic) bond motifs is 3. The average molecular weight is 626 g/mol. The van der Waals surface area contributed by atoms with E-state index in [0.29, 0.717) is 48.2 Å². The molecule has 0 aliphatic carbocycles. The van der Waals surface area contributed by atoms with Gasteiger partial charge in [-0.05, 0) is 94.9 Å². The first-order chi connectivity index (χ1) is 22.3. The highest BCUT2D eigenvalue weighted by molar-refractivity contribution is 6.02. The number of benzene rings is 3. The predicted molar refractivity (Wildman–Crippen MR) is 182 cm³/mol. The molecule has 3 aliphatic heterocycles. The van der Waals surface area contributed by atoms with Gasteiger partial charge < -0.3 is 24.8 Å². The molecule has 0 saturated carbocycles. The lowest BCUT2D eigenvalue weighted by molar-refractivity contribution is 0.0948. The van der Waals surface area contributed by atoms with Crippen LogP contribution in [0.4, 0.5) is 10.1 Å². The normalized spacial score (nSPS) is 21.3. The Morgan fingerprint density at radius 1 is 1.02 bits per heavy atom. The molecular weight excluding hydrogens is 581 g/mol. The summed E-state index contributed by atoms with van der Waals surface area (Å²) >= 11 is 0. The minimum Gasteiger partial charge on any atom is -0.451 e. The van der Waals surface area contributed by atoms with Crippen molar-refractivity contribution < 1.29 is 13.9 Å². The predicted octanol–water partition coefficient (Wildman–Crippen LogP) is 6.67. The fourth-order valence-electron chi connectivity index (χ4n) is 7.81. The van der Waals surface area contributed by atoms with Crippen molar-refractivity contribution in [3.05, 3.63) is 70.3 Å². The minimum atomic E-state index is -0.572. The molecule has 3 aromatic carbocycles. The Hall–Kier alpha value is -3.95. The number of pyridine rings is 1. The van der Waals surface area contributed by atoms with Gasteiger partial charge in [-0.15, -0.1) is 0 Å². The molecule has 1 amide bonds. The topological polar surface area (TPSA) is 78.8 Å². The Morgan fingerprint density at radius 2 is 1.78 bits per heavy atom. The van der Waals surface area contributed by atoms with Crippen molar-refractivity contribution in [2.24, 2.45) is 0 Å². The summed E-state index contributed by atoms with van der Waals surface area (Å²) < 4.78 is 24.3. The number of carbonyl (C=O) groups excluding carboxylic acids is 1. The number of carbonyl (C=O) groups is 1. The fraction of sp³-hybridized carbons (Fsp3) is 0.459. The van der Waals surface area contributed by atoms with Crippen LogP contribution in [0.25, 0.3) is 27.4 Å². The van der Waals surface area contributed by atoms with Gasteiger partial charge >= 0.3 is 0 Å². The van der Waals surface area contributed by atoms with Crippen LogP contribution in [0.1, 0.15) is 69.2 Å². The van der Waals surface area contributed by atoms with Crippen LogP contribution in [0.5, 0.6) is 11.5 Å². The number of nitrogens with one attached hydrogen (secondary N) is 2. The maximum absolute atomic E-state index is 16.0. The zero-order valence-corrected chi connectivity index (χ0v) is 27.1. The standard InChI is InChI=1S/C37H44FN5O3/c1-23-9-6-10-24(2)42(23)18-8-15-39-33-30(38)21-28-34-36(33)46-32-20-26-12-5-4-11-25(26)19-31(32)43(34)22-29(35(28)44)37(45)40-16-14-27-13-7-17-41(27)3/h4-5,11-12,19-24,27,39H,6-10,13-18H2,1-3H3,(H,40,45). The molecule has 0 bridgehead atoms. The van der Waals surface area contributed by atoms with E-state index in [9.17, 15) is 9.59 Å². The smallest absolute Gasteiger partial charge is 0.256 e. The number of ether oxygens (including phenoxy) is 1. The van der Waals surface area contributed by atoms with E-state index in [-0.39, 0.29) is 22.4 Å². The molecule has 0 spiro atoms. The maximum Gasteiger partial charge on any atom is 0.256 e. The lowest BCUT2D eigenvalue weighted by Gasteiger charge is -2.39. The van der Waals surface area contributed by atoms with Crippen LogP contribution in [0.3, 0.4) is 0 Å². The average Bonchev–Trinajstić information content (AvgIpc) is 3.45. The van der Waals surface area contributed by atoms with Gasteiger partial charge in [0.15, 0.2) is 17.3 Å². The Balaban J connectivity index is 1.23. The molecule has 9 heteroatoms. The van der Waals surface area contributed by atoms with Crippen LogP contribution in [-0.2, 0) is 0 Å². The highest BCUT2D eigenvalue weighted by atomic mass is 19.1. The van der Waals surface area contributed by atoms with Gasteiger partial charge in [-0.3, -0.25) is 14.5 Å². The van der Waals surface area contributed by atoms with Crippen molar-refractivity contribution in [3.63, 3.8) is 0 Å². The largest absolute Gasteiger partial charge is 0.451 e. The zero-order chi connectivity index (χ0) is 31.9. The van der Waals surface area contributed by atoms with Gasteiger partial charge in [0.05, 0.1) is 11.1 Å². The quantitative estimate of drug-likeness (QED) is 0.178. The first-order valence-corrected chi connectivity index (χ1v) is 16.9. The number of aromatic nitrogens is 1. The van der Waals surface area contributed by atoms with E-state index < -0.39 is 17.2 Å². The molecular formula is C37H44FN5O3. The van der Waals surface area contributed by atoms with E-state index >= 15 is 4.39 Å². The zero-order valence-electron chi connectivity index (χ0n) is 27.1. The third kappa shape index (κ3) is 5.64. The first-order valence-electron chi connectivity index (χ1n) is 16.9. The van der Waals surface area contributed by atoms with Crippen LogP contribution >= 0.6 is 0 Å². The molecule has 2 N–H and O–H groups in total. The summed E-state index contributed by atoms with van der Waals surface area (Å²) in [5, 5.41) is 8.37. The summed E-state index contributed by atoms with van der Waals surface area (Å²) in [6.07, 6.45) is 9.20. The Bertz CT molecular complexity index is 1850. The molecule has 4 heterocycles. The first kappa shape index (κ1) is 30.7. The van der Waals surface area contributed by atoms with Gasteiger partial charge in [0.2, 0.25) is 5.43 Å². The second kappa shape index (κ2) is 12.7. The number of anilines is 1. The van der Waals surface area contributed by atoms with Gasteiger partial charge in [-0.25, -0.2) is 4.39 Å². The van der Waals surface area contributed by atoms with Crippen LogP contribution in [0.2, 0.25) is 0 Å². The molecule has 8 nitrogen and oxygen atoms in total. The molecule has 2 saturated heterocycles. The molecule has 0 radical (unpaired) electrons. The summed E-state index contributed by atoms with van der Waals surface area (Å²) in [6.45, 7) is 7.58. The van der Waals surface area contributed by atoms with E-state index in [1.54, 1.807) is 6.20 Å². The molecule has 46 heavy (non-hydrogen) atoms. The van der Waals surface area contributed by atoms with Crippen LogP contribution < -0.4 is 20.8 Å². The second-order valence-corrected chi connectivity index (χ2v) is 13.4. The van der Waals surface area contributed by atoms with Crippen LogP contribution in [0.15, 0.2) is 53.5 Å². The number of hydrogen-bond acceptors (Lipinski definition) is 6. The summed E-state index contributed by atoms with van der Waals surface area (Å²) in [4.78, 5) is 32.2. The Kier molecular flexibility index (Phi) is 8.46. The van der Waals surface area contributed by atoms with Gasteiger partial charge in [-0.2, -0.15) is 0 Å². The van der Waals surface area contributed by atoms with Gasteiger partial charge in [0.1, 0.15) is 16.8 Å². The molecule has 3 atom stereocenters. The number of nitrogens with zero attached hydrogens (tertiary/aromatic N) is 3. The van der Waals surface area contributed by atoms with Crippen LogP contribution in [-0.4, -0.2) is 71.6 Å². The molecule has 242 valence electrons. The van der Waals surface area contributed by atoms with E-state index in [1.807, 2.05) is 41.0 Å². The van der Waals surface area contributed by atoms with Crippen molar-refractivity contribution in [1.82, 2.24) is 19.7 Å². The van der Waals surface area contributed by atoms with E-state index in [0.717, 1.165) is 49.5 Å². The number of likely N-dealkylation sites (tertiary alicyclic amines) is 2. The molecule has 7 rings (SSSR count). The van der Waals surface area contributed by atoms with Crippen molar-refractivity contribution in [2.45, 2.75) is 76.9 Å².